The molecule has 0 aliphatic heterocycles. The van der Waals surface area contributed by atoms with Crippen LogP contribution < -0.4 is 15.2 Å². The van der Waals surface area contributed by atoms with Crippen molar-refractivity contribution in [3.63, 3.8) is 0 Å². The molecule has 0 aliphatic rings. The standard InChI is InChI=1S/C12H15N3O2/c1-16-10-5-9(6-11(7-10)17-2)8-15-12(13)3-4-14-15/h3-7H,8,13H2,1-2H3. The smallest absolute Gasteiger partial charge is 0.122 e. The lowest BCUT2D eigenvalue weighted by Crippen LogP contribution is -2.06. The first kappa shape index (κ1) is 11.3. The first-order valence-corrected chi connectivity index (χ1v) is 5.22. The van der Waals surface area contributed by atoms with Crippen LogP contribution in [0.4, 0.5) is 5.82 Å². The van der Waals surface area contributed by atoms with Crippen LogP contribution in [0.2, 0.25) is 0 Å². The van der Waals surface area contributed by atoms with E-state index in [0.29, 0.717) is 12.4 Å². The molecule has 0 saturated carbocycles. The summed E-state index contributed by atoms with van der Waals surface area (Å²) < 4.78 is 12.1. The fourth-order valence-corrected chi connectivity index (χ4v) is 1.61. The van der Waals surface area contributed by atoms with Gasteiger partial charge in [0.05, 0.1) is 27.0 Å². The van der Waals surface area contributed by atoms with Crippen molar-refractivity contribution in [2.45, 2.75) is 6.54 Å². The molecule has 90 valence electrons. The third kappa shape index (κ3) is 2.50. The molecule has 0 fully saturated rings. The molecule has 0 bridgehead atoms. The molecule has 2 rings (SSSR count). The van der Waals surface area contributed by atoms with E-state index in [0.717, 1.165) is 17.1 Å². The molecule has 0 radical (unpaired) electrons. The molecule has 0 aliphatic carbocycles. The van der Waals surface area contributed by atoms with Crippen molar-refractivity contribution in [3.8, 4) is 11.5 Å². The van der Waals surface area contributed by atoms with Crippen molar-refractivity contribution >= 4 is 5.82 Å². The minimum absolute atomic E-state index is 0.590. The van der Waals surface area contributed by atoms with E-state index in [4.69, 9.17) is 15.2 Å². The zero-order chi connectivity index (χ0) is 12.3. The molecular formula is C12H15N3O2. The lowest BCUT2D eigenvalue weighted by molar-refractivity contribution is 0.393. The molecule has 0 atom stereocenters. The van der Waals surface area contributed by atoms with Crippen molar-refractivity contribution in [3.05, 3.63) is 36.0 Å². The average Bonchev–Trinajstić information content (AvgIpc) is 2.74. The van der Waals surface area contributed by atoms with Crippen LogP contribution in [0.5, 0.6) is 11.5 Å². The number of methoxy groups -OCH3 is 2. The van der Waals surface area contributed by atoms with Crippen molar-refractivity contribution in [1.82, 2.24) is 9.78 Å². The minimum Gasteiger partial charge on any atom is -0.497 e. The number of benzene rings is 1. The van der Waals surface area contributed by atoms with Gasteiger partial charge in [-0.1, -0.05) is 0 Å². The molecule has 0 unspecified atom stereocenters. The predicted octanol–water partition coefficient (Wildman–Crippen LogP) is 1.53. The highest BCUT2D eigenvalue weighted by Gasteiger charge is 2.04. The highest BCUT2D eigenvalue weighted by molar-refractivity contribution is 5.39. The Morgan fingerprint density at radius 1 is 1.18 bits per heavy atom. The predicted molar refractivity (Wildman–Crippen MR) is 65.3 cm³/mol. The van der Waals surface area contributed by atoms with Crippen molar-refractivity contribution < 1.29 is 9.47 Å². The van der Waals surface area contributed by atoms with E-state index in [-0.39, 0.29) is 0 Å². The summed E-state index contributed by atoms with van der Waals surface area (Å²) in [6.45, 7) is 0.590. The molecule has 0 amide bonds. The summed E-state index contributed by atoms with van der Waals surface area (Å²) in [5.74, 6) is 2.14. The maximum absolute atomic E-state index is 5.77. The van der Waals surface area contributed by atoms with Crippen LogP contribution in [0.25, 0.3) is 0 Å². The monoisotopic (exact) mass is 233 g/mol. The Hall–Kier alpha value is -2.17. The van der Waals surface area contributed by atoms with Gasteiger partial charge in [-0.3, -0.25) is 0 Å². The van der Waals surface area contributed by atoms with Gasteiger partial charge in [0, 0.05) is 6.07 Å². The normalized spacial score (nSPS) is 10.2. The molecule has 17 heavy (non-hydrogen) atoms. The molecule has 0 saturated heterocycles. The maximum Gasteiger partial charge on any atom is 0.122 e. The maximum atomic E-state index is 5.77. The number of nitrogen functional groups attached to an aromatic ring is 1. The van der Waals surface area contributed by atoms with E-state index in [1.807, 2.05) is 18.2 Å². The summed E-state index contributed by atoms with van der Waals surface area (Å²) in [4.78, 5) is 0. The molecule has 2 N–H and O–H groups in total. The van der Waals surface area contributed by atoms with Crippen LogP contribution in [0.1, 0.15) is 5.56 Å². The van der Waals surface area contributed by atoms with E-state index in [2.05, 4.69) is 5.10 Å². The van der Waals surface area contributed by atoms with E-state index >= 15 is 0 Å². The van der Waals surface area contributed by atoms with Gasteiger partial charge in [0.2, 0.25) is 0 Å². The van der Waals surface area contributed by atoms with Crippen molar-refractivity contribution in [2.75, 3.05) is 20.0 Å². The molecule has 1 aromatic carbocycles. The molecule has 2 aromatic rings. The van der Waals surface area contributed by atoms with Crippen molar-refractivity contribution in [2.24, 2.45) is 0 Å². The molecule has 0 spiro atoms. The number of hydrogen-bond acceptors (Lipinski definition) is 4. The number of hydrogen-bond donors (Lipinski definition) is 1. The van der Waals surface area contributed by atoms with Gasteiger partial charge in [-0.25, -0.2) is 4.68 Å². The zero-order valence-electron chi connectivity index (χ0n) is 9.88. The van der Waals surface area contributed by atoms with Gasteiger partial charge in [-0.05, 0) is 23.8 Å². The van der Waals surface area contributed by atoms with E-state index in [1.165, 1.54) is 0 Å². The van der Waals surface area contributed by atoms with Gasteiger partial charge >= 0.3 is 0 Å². The van der Waals surface area contributed by atoms with Gasteiger partial charge in [0.25, 0.3) is 0 Å². The van der Waals surface area contributed by atoms with Crippen LogP contribution >= 0.6 is 0 Å². The topological polar surface area (TPSA) is 62.3 Å². The first-order chi connectivity index (χ1) is 8.22. The number of nitrogens with zero attached hydrogens (tertiary/aromatic N) is 2. The fraction of sp³-hybridized carbons (Fsp3) is 0.250. The second kappa shape index (κ2) is 4.78. The summed E-state index contributed by atoms with van der Waals surface area (Å²) in [5.41, 5.74) is 6.79. The van der Waals surface area contributed by atoms with Crippen LogP contribution in [0.3, 0.4) is 0 Å². The van der Waals surface area contributed by atoms with Crippen LogP contribution in [0, 0.1) is 0 Å². The SMILES string of the molecule is COc1cc(Cn2nccc2N)cc(OC)c1. The lowest BCUT2D eigenvalue weighted by Gasteiger charge is -2.09. The quantitative estimate of drug-likeness (QED) is 0.870. The molecule has 5 nitrogen and oxygen atoms in total. The Labute approximate surface area is 99.8 Å². The van der Waals surface area contributed by atoms with Gasteiger partial charge in [0.15, 0.2) is 0 Å². The minimum atomic E-state index is 0.590. The number of rotatable bonds is 4. The largest absolute Gasteiger partial charge is 0.497 e. The van der Waals surface area contributed by atoms with Gasteiger partial charge < -0.3 is 15.2 Å². The number of nitrogens with two attached hydrogens (primary N) is 1. The highest BCUT2D eigenvalue weighted by Crippen LogP contribution is 2.23. The summed E-state index contributed by atoms with van der Waals surface area (Å²) in [5, 5.41) is 4.13. The second-order valence-electron chi connectivity index (χ2n) is 3.63. The van der Waals surface area contributed by atoms with Crippen LogP contribution in [-0.4, -0.2) is 24.0 Å². The summed E-state index contributed by atoms with van der Waals surface area (Å²) in [7, 11) is 3.25. The Bertz CT molecular complexity index is 486. The Kier molecular flexibility index (Phi) is 3.18. The first-order valence-electron chi connectivity index (χ1n) is 5.22. The van der Waals surface area contributed by atoms with Gasteiger partial charge in [-0.2, -0.15) is 5.10 Å². The van der Waals surface area contributed by atoms with Crippen LogP contribution in [0.15, 0.2) is 30.5 Å². The van der Waals surface area contributed by atoms with Gasteiger partial charge in [-0.15, -0.1) is 0 Å². The Morgan fingerprint density at radius 2 is 1.82 bits per heavy atom. The number of ether oxygens (including phenoxy) is 2. The summed E-state index contributed by atoms with van der Waals surface area (Å²) in [6, 6.07) is 7.46. The van der Waals surface area contributed by atoms with Gasteiger partial charge in [0.1, 0.15) is 17.3 Å². The fourth-order valence-electron chi connectivity index (χ4n) is 1.61. The van der Waals surface area contributed by atoms with E-state index in [9.17, 15) is 0 Å². The summed E-state index contributed by atoms with van der Waals surface area (Å²) in [6.07, 6.45) is 1.67. The lowest BCUT2D eigenvalue weighted by atomic mass is 10.2. The average molecular weight is 233 g/mol. The second-order valence-corrected chi connectivity index (χ2v) is 3.63. The third-order valence-electron chi connectivity index (χ3n) is 2.49. The van der Waals surface area contributed by atoms with E-state index < -0.39 is 0 Å². The Balaban J connectivity index is 2.29. The molecular weight excluding hydrogens is 218 g/mol. The number of anilines is 1. The zero-order valence-corrected chi connectivity index (χ0v) is 9.88. The third-order valence-corrected chi connectivity index (χ3v) is 2.49. The van der Waals surface area contributed by atoms with E-state index in [1.54, 1.807) is 31.2 Å². The number of aromatic nitrogens is 2. The molecule has 5 heteroatoms. The van der Waals surface area contributed by atoms with Crippen molar-refractivity contribution in [1.29, 1.82) is 0 Å². The molecule has 1 heterocycles. The van der Waals surface area contributed by atoms with Crippen LogP contribution in [-0.2, 0) is 6.54 Å². The Morgan fingerprint density at radius 3 is 2.29 bits per heavy atom. The summed E-state index contributed by atoms with van der Waals surface area (Å²) >= 11 is 0. The molecule has 1 aromatic heterocycles. The highest BCUT2D eigenvalue weighted by atomic mass is 16.5.